The molecule has 0 saturated heterocycles. The molecule has 0 aliphatic heterocycles. The Balaban J connectivity index is 2.39. The number of amides is 1. The molecule has 1 heterocycles. The number of pyridine rings is 1. The first-order chi connectivity index (χ1) is 9.65. The molecule has 1 aromatic carbocycles. The fraction of sp³-hybridized carbons (Fsp3) is 0.333. The maximum Gasteiger partial charge on any atom is 0.252 e. The lowest BCUT2D eigenvalue weighted by Crippen LogP contribution is -2.34. The summed E-state index contributed by atoms with van der Waals surface area (Å²) in [5, 5.41) is 6.90. The normalized spacial score (nSPS) is 12.2. The summed E-state index contributed by atoms with van der Waals surface area (Å²) in [7, 11) is 1.80. The number of carbonyl (C=O) groups excluding carboxylic acids is 1. The van der Waals surface area contributed by atoms with Crippen molar-refractivity contribution in [2.45, 2.75) is 13.0 Å². The van der Waals surface area contributed by atoms with Gasteiger partial charge in [0.1, 0.15) is 5.82 Å². The minimum Gasteiger partial charge on any atom is -0.373 e. The van der Waals surface area contributed by atoms with Crippen LogP contribution < -0.4 is 10.6 Å². The highest BCUT2D eigenvalue weighted by molar-refractivity contribution is 7.98. The lowest BCUT2D eigenvalue weighted by molar-refractivity contribution is 0.0945. The van der Waals surface area contributed by atoms with Gasteiger partial charge in [-0.15, -0.1) is 0 Å². The molecule has 5 heteroatoms. The number of thioether (sulfide) groups is 1. The molecule has 0 fully saturated rings. The van der Waals surface area contributed by atoms with Gasteiger partial charge in [0.15, 0.2) is 0 Å². The molecule has 2 rings (SSSR count). The van der Waals surface area contributed by atoms with E-state index >= 15 is 0 Å². The Hall–Kier alpha value is -1.75. The van der Waals surface area contributed by atoms with Gasteiger partial charge in [0, 0.05) is 24.2 Å². The minimum absolute atomic E-state index is 0.0540. The number of para-hydroxylation sites is 1. The van der Waals surface area contributed by atoms with Crippen molar-refractivity contribution in [3.63, 3.8) is 0 Å². The van der Waals surface area contributed by atoms with Crippen LogP contribution in [0.2, 0.25) is 0 Å². The Labute approximate surface area is 123 Å². The summed E-state index contributed by atoms with van der Waals surface area (Å²) in [6.07, 6.45) is 2.03. The van der Waals surface area contributed by atoms with Gasteiger partial charge in [0.05, 0.1) is 11.1 Å². The SMILES string of the molecule is CNc1cc(C(=O)NC(C)CSC)c2ccccc2n1. The Kier molecular flexibility index (Phi) is 4.84. The van der Waals surface area contributed by atoms with E-state index in [-0.39, 0.29) is 11.9 Å². The molecule has 0 saturated carbocycles. The van der Waals surface area contributed by atoms with Gasteiger partial charge in [-0.25, -0.2) is 4.98 Å². The van der Waals surface area contributed by atoms with Gasteiger partial charge in [-0.3, -0.25) is 4.79 Å². The second-order valence-corrected chi connectivity index (χ2v) is 5.56. The van der Waals surface area contributed by atoms with Crippen molar-refractivity contribution >= 4 is 34.4 Å². The van der Waals surface area contributed by atoms with Crippen molar-refractivity contribution in [2.24, 2.45) is 0 Å². The Morgan fingerprint density at radius 1 is 1.40 bits per heavy atom. The maximum atomic E-state index is 12.4. The number of carbonyl (C=O) groups is 1. The first-order valence-corrected chi connectivity index (χ1v) is 7.92. The van der Waals surface area contributed by atoms with E-state index in [1.54, 1.807) is 24.9 Å². The second kappa shape index (κ2) is 6.61. The van der Waals surface area contributed by atoms with Gasteiger partial charge in [-0.2, -0.15) is 11.8 Å². The number of anilines is 1. The van der Waals surface area contributed by atoms with E-state index in [1.807, 2.05) is 37.4 Å². The molecule has 4 nitrogen and oxygen atoms in total. The van der Waals surface area contributed by atoms with Crippen LogP contribution >= 0.6 is 11.8 Å². The molecule has 1 atom stereocenters. The summed E-state index contributed by atoms with van der Waals surface area (Å²) >= 11 is 1.72. The van der Waals surface area contributed by atoms with E-state index in [0.29, 0.717) is 11.4 Å². The third-order valence-corrected chi connectivity index (χ3v) is 3.84. The summed E-state index contributed by atoms with van der Waals surface area (Å²) in [6, 6.07) is 9.62. The van der Waals surface area contributed by atoms with Gasteiger partial charge in [-0.05, 0) is 25.3 Å². The summed E-state index contributed by atoms with van der Waals surface area (Å²) in [6.45, 7) is 2.01. The van der Waals surface area contributed by atoms with E-state index in [1.165, 1.54) is 0 Å². The first-order valence-electron chi connectivity index (χ1n) is 6.53. The predicted octanol–water partition coefficient (Wildman–Crippen LogP) is 2.76. The molecule has 106 valence electrons. The van der Waals surface area contributed by atoms with E-state index in [2.05, 4.69) is 15.6 Å². The third kappa shape index (κ3) is 3.22. The molecule has 20 heavy (non-hydrogen) atoms. The molecule has 2 aromatic rings. The second-order valence-electron chi connectivity index (χ2n) is 4.65. The maximum absolute atomic E-state index is 12.4. The van der Waals surface area contributed by atoms with Crippen LogP contribution in [0.3, 0.4) is 0 Å². The molecule has 0 aliphatic rings. The highest BCUT2D eigenvalue weighted by Crippen LogP contribution is 2.20. The molecule has 1 aromatic heterocycles. The van der Waals surface area contributed by atoms with Gasteiger partial charge in [0.25, 0.3) is 5.91 Å². The lowest BCUT2D eigenvalue weighted by Gasteiger charge is -2.14. The zero-order valence-electron chi connectivity index (χ0n) is 11.9. The molecular formula is C15H19N3OS. The zero-order chi connectivity index (χ0) is 14.5. The average molecular weight is 289 g/mol. The summed E-state index contributed by atoms with van der Waals surface area (Å²) in [4.78, 5) is 16.9. The van der Waals surface area contributed by atoms with Crippen molar-refractivity contribution < 1.29 is 4.79 Å². The van der Waals surface area contributed by atoms with E-state index in [0.717, 1.165) is 16.7 Å². The number of nitrogens with one attached hydrogen (secondary N) is 2. The quantitative estimate of drug-likeness (QED) is 0.888. The van der Waals surface area contributed by atoms with Gasteiger partial charge in [0.2, 0.25) is 0 Å². The van der Waals surface area contributed by atoms with Gasteiger partial charge >= 0.3 is 0 Å². The van der Waals surface area contributed by atoms with E-state index < -0.39 is 0 Å². The van der Waals surface area contributed by atoms with Crippen LogP contribution in [0.4, 0.5) is 5.82 Å². The standard InChI is InChI=1S/C15H19N3OS/c1-10(9-20-3)17-15(19)12-8-14(16-2)18-13-7-5-4-6-11(12)13/h4-8,10H,9H2,1-3H3,(H,16,18)(H,17,19). The first kappa shape index (κ1) is 14.7. The van der Waals surface area contributed by atoms with Crippen LogP contribution in [-0.2, 0) is 0 Å². The molecule has 0 bridgehead atoms. The Bertz CT molecular complexity index is 615. The van der Waals surface area contributed by atoms with Crippen LogP contribution in [0.1, 0.15) is 17.3 Å². The van der Waals surface area contributed by atoms with Crippen LogP contribution in [0.5, 0.6) is 0 Å². The van der Waals surface area contributed by atoms with E-state index in [4.69, 9.17) is 0 Å². The molecule has 2 N–H and O–H groups in total. The monoisotopic (exact) mass is 289 g/mol. The number of benzene rings is 1. The number of rotatable bonds is 5. The van der Waals surface area contributed by atoms with Crippen LogP contribution in [0.15, 0.2) is 30.3 Å². The van der Waals surface area contributed by atoms with Crippen molar-refractivity contribution in [3.8, 4) is 0 Å². The van der Waals surface area contributed by atoms with Crippen LogP contribution in [0.25, 0.3) is 10.9 Å². The van der Waals surface area contributed by atoms with Gasteiger partial charge in [-0.1, -0.05) is 18.2 Å². The largest absolute Gasteiger partial charge is 0.373 e. The molecule has 1 unspecified atom stereocenters. The summed E-state index contributed by atoms with van der Waals surface area (Å²) < 4.78 is 0. The van der Waals surface area contributed by atoms with Gasteiger partial charge < -0.3 is 10.6 Å². The number of fused-ring (bicyclic) bond motifs is 1. The zero-order valence-corrected chi connectivity index (χ0v) is 12.8. The number of nitrogens with zero attached hydrogens (tertiary/aromatic N) is 1. The average Bonchev–Trinajstić information content (AvgIpc) is 2.46. The van der Waals surface area contributed by atoms with Crippen molar-refractivity contribution in [1.29, 1.82) is 0 Å². The predicted molar refractivity (Wildman–Crippen MR) is 86.6 cm³/mol. The smallest absolute Gasteiger partial charge is 0.252 e. The van der Waals surface area contributed by atoms with Crippen molar-refractivity contribution in [1.82, 2.24) is 10.3 Å². The fourth-order valence-corrected chi connectivity index (χ4v) is 2.67. The minimum atomic E-state index is -0.0540. The lowest BCUT2D eigenvalue weighted by atomic mass is 10.1. The number of hydrogen-bond acceptors (Lipinski definition) is 4. The molecule has 0 spiro atoms. The molecule has 1 amide bonds. The molecule has 0 radical (unpaired) electrons. The summed E-state index contributed by atoms with van der Waals surface area (Å²) in [5.74, 6) is 1.54. The Morgan fingerprint density at radius 3 is 2.85 bits per heavy atom. The fourth-order valence-electron chi connectivity index (χ4n) is 2.08. The summed E-state index contributed by atoms with van der Waals surface area (Å²) in [5.41, 5.74) is 1.48. The molecular weight excluding hydrogens is 270 g/mol. The topological polar surface area (TPSA) is 54.0 Å². The Morgan fingerprint density at radius 2 is 2.15 bits per heavy atom. The highest BCUT2D eigenvalue weighted by Gasteiger charge is 2.14. The number of hydrogen-bond donors (Lipinski definition) is 2. The van der Waals surface area contributed by atoms with E-state index in [9.17, 15) is 4.79 Å². The third-order valence-electron chi connectivity index (χ3n) is 3.01. The number of aromatic nitrogens is 1. The van der Waals surface area contributed by atoms with Crippen LogP contribution in [0, 0.1) is 0 Å². The van der Waals surface area contributed by atoms with Crippen LogP contribution in [-0.4, -0.2) is 36.0 Å². The molecule has 0 aliphatic carbocycles. The van der Waals surface area contributed by atoms with Crippen molar-refractivity contribution in [3.05, 3.63) is 35.9 Å². The van der Waals surface area contributed by atoms with Crippen molar-refractivity contribution in [2.75, 3.05) is 24.4 Å². The highest BCUT2D eigenvalue weighted by atomic mass is 32.2.